The van der Waals surface area contributed by atoms with Crippen LogP contribution in [0.3, 0.4) is 0 Å². The van der Waals surface area contributed by atoms with Crippen LogP contribution >= 0.6 is 0 Å². The minimum Gasteiger partial charge on any atom is -0.393 e. The van der Waals surface area contributed by atoms with E-state index in [0.717, 1.165) is 36.2 Å². The molecule has 1 aliphatic rings. The third-order valence-corrected chi connectivity index (χ3v) is 4.04. The lowest BCUT2D eigenvalue weighted by atomic mass is 9.93. The van der Waals surface area contributed by atoms with Gasteiger partial charge in [0.2, 0.25) is 0 Å². The lowest BCUT2D eigenvalue weighted by Crippen LogP contribution is -2.26. The Morgan fingerprint density at radius 2 is 2.23 bits per heavy atom. The summed E-state index contributed by atoms with van der Waals surface area (Å²) in [7, 11) is 0. The van der Waals surface area contributed by atoms with E-state index in [4.69, 9.17) is 0 Å². The quantitative estimate of drug-likeness (QED) is 0.885. The number of amides is 1. The van der Waals surface area contributed by atoms with Crippen molar-refractivity contribution in [2.24, 2.45) is 0 Å². The minimum absolute atomic E-state index is 0.186. The molecule has 1 atom stereocenters. The number of carbonyl (C=O) groups is 1. The van der Waals surface area contributed by atoms with Gasteiger partial charge in [-0.05, 0) is 37.5 Å². The third kappa shape index (κ3) is 2.87. The van der Waals surface area contributed by atoms with Gasteiger partial charge in [0, 0.05) is 43.2 Å². The predicted molar refractivity (Wildman–Crippen MR) is 81.3 cm³/mol. The maximum absolute atomic E-state index is 12.4. The summed E-state index contributed by atoms with van der Waals surface area (Å²) in [5.74, 6) is -0.186. The van der Waals surface area contributed by atoms with Crippen LogP contribution in [0.4, 0.5) is 0 Å². The summed E-state index contributed by atoms with van der Waals surface area (Å²) < 4.78 is 1.88. The molecule has 6 nitrogen and oxygen atoms in total. The fraction of sp³-hybridized carbons (Fsp3) is 0.438. The van der Waals surface area contributed by atoms with Crippen LogP contribution in [0.15, 0.2) is 24.5 Å². The molecule has 2 heterocycles. The zero-order chi connectivity index (χ0) is 15.5. The molecule has 0 aliphatic heterocycles. The van der Waals surface area contributed by atoms with Crippen LogP contribution in [0, 0.1) is 0 Å². The van der Waals surface area contributed by atoms with E-state index in [2.05, 4.69) is 15.4 Å². The largest absolute Gasteiger partial charge is 0.393 e. The maximum atomic E-state index is 12.4. The van der Waals surface area contributed by atoms with Gasteiger partial charge in [0.15, 0.2) is 5.69 Å². The highest BCUT2D eigenvalue weighted by molar-refractivity contribution is 5.94. The van der Waals surface area contributed by atoms with E-state index < -0.39 is 0 Å². The number of aromatic nitrogens is 3. The Balaban J connectivity index is 1.79. The van der Waals surface area contributed by atoms with E-state index >= 15 is 0 Å². The molecule has 116 valence electrons. The van der Waals surface area contributed by atoms with Crippen molar-refractivity contribution in [3.63, 3.8) is 0 Å². The molecule has 0 fully saturated rings. The number of nitrogens with one attached hydrogen (secondary N) is 1. The maximum Gasteiger partial charge on any atom is 0.272 e. The highest BCUT2D eigenvalue weighted by Gasteiger charge is 2.27. The molecule has 22 heavy (non-hydrogen) atoms. The van der Waals surface area contributed by atoms with E-state index in [1.165, 1.54) is 0 Å². The lowest BCUT2D eigenvalue weighted by Gasteiger charge is -2.18. The van der Waals surface area contributed by atoms with Crippen molar-refractivity contribution in [2.75, 3.05) is 0 Å². The molecular formula is C16H20N4O2. The van der Waals surface area contributed by atoms with Gasteiger partial charge in [-0.3, -0.25) is 14.5 Å². The fourth-order valence-corrected chi connectivity index (χ4v) is 2.88. The molecule has 0 radical (unpaired) electrons. The van der Waals surface area contributed by atoms with Crippen LogP contribution in [0.1, 0.15) is 40.7 Å². The van der Waals surface area contributed by atoms with Crippen molar-refractivity contribution in [3.8, 4) is 0 Å². The molecule has 0 aromatic carbocycles. The fourth-order valence-electron chi connectivity index (χ4n) is 2.88. The van der Waals surface area contributed by atoms with Gasteiger partial charge in [0.05, 0.1) is 6.10 Å². The van der Waals surface area contributed by atoms with Gasteiger partial charge >= 0.3 is 0 Å². The van der Waals surface area contributed by atoms with Gasteiger partial charge in [-0.1, -0.05) is 0 Å². The summed E-state index contributed by atoms with van der Waals surface area (Å²) in [6.07, 6.45) is 5.03. The average Bonchev–Trinajstić information content (AvgIpc) is 2.91. The third-order valence-electron chi connectivity index (χ3n) is 4.04. The van der Waals surface area contributed by atoms with Crippen LogP contribution in [0.5, 0.6) is 0 Å². The number of aliphatic hydroxyl groups excluding tert-OH is 1. The zero-order valence-corrected chi connectivity index (χ0v) is 12.6. The Labute approximate surface area is 129 Å². The first-order valence-electron chi connectivity index (χ1n) is 7.62. The van der Waals surface area contributed by atoms with Crippen molar-refractivity contribution >= 4 is 5.91 Å². The molecule has 1 unspecified atom stereocenters. The molecule has 3 rings (SSSR count). The van der Waals surface area contributed by atoms with Crippen molar-refractivity contribution in [1.29, 1.82) is 0 Å². The standard InChI is InChI=1S/C16H20N4O2/c1-2-20-14-4-3-12(21)9-13(14)15(19-20)16(22)18-10-11-5-7-17-8-6-11/h5-8,12,21H,2-4,9-10H2,1H3,(H,18,22). The van der Waals surface area contributed by atoms with Crippen LogP contribution < -0.4 is 5.32 Å². The van der Waals surface area contributed by atoms with Gasteiger partial charge in [-0.25, -0.2) is 0 Å². The first-order chi connectivity index (χ1) is 10.7. The molecule has 2 aromatic heterocycles. The summed E-state index contributed by atoms with van der Waals surface area (Å²) in [5.41, 5.74) is 3.42. The van der Waals surface area contributed by atoms with Crippen LogP contribution in [0.25, 0.3) is 0 Å². The van der Waals surface area contributed by atoms with E-state index in [1.54, 1.807) is 12.4 Å². The van der Waals surface area contributed by atoms with Gasteiger partial charge in [0.1, 0.15) is 0 Å². The number of nitrogens with zero attached hydrogens (tertiary/aromatic N) is 3. The van der Waals surface area contributed by atoms with Gasteiger partial charge in [-0.2, -0.15) is 5.10 Å². The number of hydrogen-bond donors (Lipinski definition) is 2. The number of aryl methyl sites for hydroxylation is 1. The SMILES string of the molecule is CCn1nc(C(=O)NCc2ccncc2)c2c1CCC(O)C2. The second-order valence-corrected chi connectivity index (χ2v) is 5.52. The normalized spacial score (nSPS) is 17.1. The molecule has 2 N–H and O–H groups in total. The number of aliphatic hydroxyl groups is 1. The monoisotopic (exact) mass is 300 g/mol. The number of fused-ring (bicyclic) bond motifs is 1. The molecule has 1 aliphatic carbocycles. The first-order valence-corrected chi connectivity index (χ1v) is 7.62. The lowest BCUT2D eigenvalue weighted by molar-refractivity contribution is 0.0943. The zero-order valence-electron chi connectivity index (χ0n) is 12.6. The number of rotatable bonds is 4. The van der Waals surface area contributed by atoms with E-state index in [1.807, 2.05) is 23.7 Å². The number of carbonyl (C=O) groups excluding carboxylic acids is 1. The number of hydrogen-bond acceptors (Lipinski definition) is 4. The topological polar surface area (TPSA) is 80.0 Å². The van der Waals surface area contributed by atoms with E-state index in [9.17, 15) is 9.90 Å². The second-order valence-electron chi connectivity index (χ2n) is 5.52. The van der Waals surface area contributed by atoms with Crippen LogP contribution in [0.2, 0.25) is 0 Å². The Hall–Kier alpha value is -2.21. The van der Waals surface area contributed by atoms with Gasteiger partial charge in [0.25, 0.3) is 5.91 Å². The molecule has 0 spiro atoms. The summed E-state index contributed by atoms with van der Waals surface area (Å²) in [6.45, 7) is 3.19. The van der Waals surface area contributed by atoms with Crippen LogP contribution in [-0.4, -0.2) is 31.9 Å². The van der Waals surface area contributed by atoms with E-state index in [-0.39, 0.29) is 12.0 Å². The van der Waals surface area contributed by atoms with Crippen molar-refractivity contribution in [2.45, 2.75) is 45.4 Å². The minimum atomic E-state index is -0.381. The Kier molecular flexibility index (Phi) is 4.20. The molecule has 2 aromatic rings. The van der Waals surface area contributed by atoms with Crippen molar-refractivity contribution < 1.29 is 9.90 Å². The summed E-state index contributed by atoms with van der Waals surface area (Å²) in [5, 5.41) is 17.2. The molecule has 1 amide bonds. The molecular weight excluding hydrogens is 280 g/mol. The summed E-state index contributed by atoms with van der Waals surface area (Å²) in [6, 6.07) is 3.73. The molecule has 6 heteroatoms. The van der Waals surface area contributed by atoms with Crippen molar-refractivity contribution in [3.05, 3.63) is 47.0 Å². The summed E-state index contributed by atoms with van der Waals surface area (Å²) >= 11 is 0. The Morgan fingerprint density at radius 3 is 2.95 bits per heavy atom. The molecule has 0 saturated heterocycles. The molecule has 0 bridgehead atoms. The predicted octanol–water partition coefficient (Wildman–Crippen LogP) is 1.08. The average molecular weight is 300 g/mol. The van der Waals surface area contributed by atoms with Crippen molar-refractivity contribution in [1.82, 2.24) is 20.1 Å². The Bertz CT molecular complexity index is 666. The summed E-state index contributed by atoms with van der Waals surface area (Å²) in [4.78, 5) is 16.4. The second kappa shape index (κ2) is 6.27. The highest BCUT2D eigenvalue weighted by atomic mass is 16.3. The Morgan fingerprint density at radius 1 is 1.45 bits per heavy atom. The number of pyridine rings is 1. The first kappa shape index (κ1) is 14.7. The van der Waals surface area contributed by atoms with Gasteiger partial charge in [-0.15, -0.1) is 0 Å². The molecule has 0 saturated carbocycles. The van der Waals surface area contributed by atoms with E-state index in [0.29, 0.717) is 18.7 Å². The van der Waals surface area contributed by atoms with Gasteiger partial charge < -0.3 is 10.4 Å². The van der Waals surface area contributed by atoms with Crippen LogP contribution in [-0.2, 0) is 25.9 Å². The highest BCUT2D eigenvalue weighted by Crippen LogP contribution is 2.25. The smallest absolute Gasteiger partial charge is 0.272 e.